The first-order valence-corrected chi connectivity index (χ1v) is 6.59. The summed E-state index contributed by atoms with van der Waals surface area (Å²) in [6.07, 6.45) is 9.80. The van der Waals surface area contributed by atoms with E-state index in [4.69, 9.17) is 0 Å². The molecule has 1 saturated carbocycles. The maximum absolute atomic E-state index is 2.43. The quantitative estimate of drug-likeness (QED) is 0.693. The van der Waals surface area contributed by atoms with Crippen LogP contribution in [0.1, 0.15) is 53.4 Å². The highest BCUT2D eigenvalue weighted by atomic mass is 15.0. The van der Waals surface area contributed by atoms with E-state index in [0.29, 0.717) is 11.0 Å². The second-order valence-electron chi connectivity index (χ2n) is 6.61. The number of nitrogens with zero attached hydrogens (tertiary/aromatic N) is 1. The molecule has 0 N–H and O–H groups in total. The van der Waals surface area contributed by atoms with Gasteiger partial charge < -0.3 is 4.57 Å². The van der Waals surface area contributed by atoms with E-state index in [9.17, 15) is 0 Å². The third-order valence-electron chi connectivity index (χ3n) is 4.23. The van der Waals surface area contributed by atoms with Gasteiger partial charge in [-0.25, -0.2) is 0 Å². The van der Waals surface area contributed by atoms with E-state index in [2.05, 4.69) is 56.8 Å². The summed E-state index contributed by atoms with van der Waals surface area (Å²) in [5.74, 6) is 0.885. The number of hydrogen-bond acceptors (Lipinski definition) is 0. The van der Waals surface area contributed by atoms with Gasteiger partial charge in [0.1, 0.15) is 0 Å². The van der Waals surface area contributed by atoms with E-state index in [-0.39, 0.29) is 0 Å². The first kappa shape index (κ1) is 11.8. The first-order chi connectivity index (χ1) is 7.45. The van der Waals surface area contributed by atoms with Crippen LogP contribution in [0.25, 0.3) is 0 Å². The van der Waals surface area contributed by atoms with Gasteiger partial charge in [-0.05, 0) is 49.7 Å². The Morgan fingerprint density at radius 1 is 1.12 bits per heavy atom. The van der Waals surface area contributed by atoms with Gasteiger partial charge in [0, 0.05) is 17.9 Å². The minimum atomic E-state index is 0.325. The molecule has 0 radical (unpaired) electrons. The highest BCUT2D eigenvalue weighted by molar-refractivity contribution is 5.02. The van der Waals surface area contributed by atoms with E-state index >= 15 is 0 Å². The lowest BCUT2D eigenvalue weighted by molar-refractivity contribution is 0.0601. The molecule has 0 saturated heterocycles. The molecule has 1 nitrogen and oxygen atoms in total. The molecule has 2 rings (SSSR count). The highest BCUT2D eigenvalue weighted by Crippen LogP contribution is 2.48. The van der Waals surface area contributed by atoms with Crippen molar-refractivity contribution in [1.29, 1.82) is 0 Å². The molecule has 1 heteroatoms. The summed E-state index contributed by atoms with van der Waals surface area (Å²) < 4.78 is 2.43. The van der Waals surface area contributed by atoms with Gasteiger partial charge in [0.25, 0.3) is 0 Å². The van der Waals surface area contributed by atoms with E-state index in [1.165, 1.54) is 25.7 Å². The normalized spacial score (nSPS) is 33.9. The summed E-state index contributed by atoms with van der Waals surface area (Å²) in [6.45, 7) is 9.62. The number of hydrogen-bond donors (Lipinski definition) is 0. The van der Waals surface area contributed by atoms with Crippen LogP contribution in [0, 0.1) is 11.3 Å². The maximum Gasteiger partial charge on any atom is 0.0419 e. The second-order valence-corrected chi connectivity index (χ2v) is 6.61. The average molecular weight is 219 g/mol. The maximum atomic E-state index is 2.43. The summed E-state index contributed by atoms with van der Waals surface area (Å²) in [6, 6.07) is 4.29. The van der Waals surface area contributed by atoms with Gasteiger partial charge >= 0.3 is 0 Å². The summed E-state index contributed by atoms with van der Waals surface area (Å²) >= 11 is 0. The molecule has 1 aliphatic rings. The Morgan fingerprint density at radius 3 is 2.31 bits per heavy atom. The molecular weight excluding hydrogens is 194 g/mol. The molecule has 16 heavy (non-hydrogen) atoms. The Labute approximate surface area is 99.9 Å². The van der Waals surface area contributed by atoms with Crippen LogP contribution in [0.15, 0.2) is 24.5 Å². The Kier molecular flexibility index (Phi) is 2.90. The number of rotatable bonds is 2. The van der Waals surface area contributed by atoms with Crippen molar-refractivity contribution in [1.82, 2.24) is 4.57 Å². The summed E-state index contributed by atoms with van der Waals surface area (Å²) in [5, 5.41) is 0. The zero-order valence-corrected chi connectivity index (χ0v) is 11.2. The van der Waals surface area contributed by atoms with Gasteiger partial charge in [-0.15, -0.1) is 0 Å². The van der Waals surface area contributed by atoms with Crippen LogP contribution < -0.4 is 0 Å². The minimum absolute atomic E-state index is 0.325. The molecule has 1 fully saturated rings. The summed E-state index contributed by atoms with van der Waals surface area (Å²) in [7, 11) is 0. The average Bonchev–Trinajstić information content (AvgIpc) is 2.67. The molecule has 0 spiro atoms. The zero-order chi connectivity index (χ0) is 11.8. The topological polar surface area (TPSA) is 4.93 Å². The second kappa shape index (κ2) is 3.94. The predicted octanol–water partition coefficient (Wildman–Crippen LogP) is 4.44. The molecule has 1 aromatic heterocycles. The fourth-order valence-electron chi connectivity index (χ4n) is 3.83. The summed E-state index contributed by atoms with van der Waals surface area (Å²) in [5.41, 5.74) is 0.809. The molecule has 0 aliphatic heterocycles. The molecule has 0 aromatic carbocycles. The van der Waals surface area contributed by atoms with Crippen LogP contribution in [-0.4, -0.2) is 4.57 Å². The predicted molar refractivity (Wildman–Crippen MR) is 69.5 cm³/mol. The summed E-state index contributed by atoms with van der Waals surface area (Å²) in [4.78, 5) is 0. The van der Waals surface area contributed by atoms with Crippen molar-refractivity contribution in [2.24, 2.45) is 11.3 Å². The molecule has 0 amide bonds. The molecular formula is C15H25N. The molecule has 0 bridgehead atoms. The minimum Gasteiger partial charge on any atom is -0.349 e. The van der Waals surface area contributed by atoms with Gasteiger partial charge in [-0.1, -0.05) is 27.2 Å². The molecule has 2 atom stereocenters. The van der Waals surface area contributed by atoms with Crippen molar-refractivity contribution >= 4 is 0 Å². The highest BCUT2D eigenvalue weighted by Gasteiger charge is 2.41. The van der Waals surface area contributed by atoms with Crippen molar-refractivity contribution < 1.29 is 0 Å². The SMILES string of the molecule is CC[C@H]1CC(C)(C)C[C@@](C)(n2cccc2)C1. The van der Waals surface area contributed by atoms with Crippen LogP contribution in [0.2, 0.25) is 0 Å². The van der Waals surface area contributed by atoms with Crippen molar-refractivity contribution in [2.45, 2.75) is 58.9 Å². The first-order valence-electron chi connectivity index (χ1n) is 6.59. The fraction of sp³-hybridized carbons (Fsp3) is 0.733. The third-order valence-corrected chi connectivity index (χ3v) is 4.23. The molecule has 1 heterocycles. The van der Waals surface area contributed by atoms with E-state index in [1.54, 1.807) is 0 Å². The lowest BCUT2D eigenvalue weighted by Gasteiger charge is -2.47. The Balaban J connectivity index is 2.27. The Morgan fingerprint density at radius 2 is 1.75 bits per heavy atom. The van der Waals surface area contributed by atoms with Crippen LogP contribution in [-0.2, 0) is 5.54 Å². The van der Waals surface area contributed by atoms with Crippen LogP contribution in [0.3, 0.4) is 0 Å². The molecule has 1 aliphatic carbocycles. The van der Waals surface area contributed by atoms with Crippen molar-refractivity contribution in [3.05, 3.63) is 24.5 Å². The van der Waals surface area contributed by atoms with Gasteiger partial charge in [-0.3, -0.25) is 0 Å². The van der Waals surface area contributed by atoms with Crippen LogP contribution >= 0.6 is 0 Å². The van der Waals surface area contributed by atoms with Crippen molar-refractivity contribution in [3.8, 4) is 0 Å². The van der Waals surface area contributed by atoms with Crippen molar-refractivity contribution in [3.63, 3.8) is 0 Å². The lowest BCUT2D eigenvalue weighted by Crippen LogP contribution is -2.42. The van der Waals surface area contributed by atoms with Gasteiger partial charge in [0.2, 0.25) is 0 Å². The monoisotopic (exact) mass is 219 g/mol. The Hall–Kier alpha value is -0.720. The third kappa shape index (κ3) is 2.18. The van der Waals surface area contributed by atoms with Gasteiger partial charge in [0.05, 0.1) is 0 Å². The van der Waals surface area contributed by atoms with Gasteiger partial charge in [0.15, 0.2) is 0 Å². The van der Waals surface area contributed by atoms with Crippen LogP contribution in [0.4, 0.5) is 0 Å². The van der Waals surface area contributed by atoms with E-state index in [1.807, 2.05) is 0 Å². The smallest absolute Gasteiger partial charge is 0.0419 e. The van der Waals surface area contributed by atoms with E-state index in [0.717, 1.165) is 5.92 Å². The zero-order valence-electron chi connectivity index (χ0n) is 11.2. The molecule has 90 valence electrons. The van der Waals surface area contributed by atoms with Crippen LogP contribution in [0.5, 0.6) is 0 Å². The lowest BCUT2D eigenvalue weighted by atomic mass is 9.64. The van der Waals surface area contributed by atoms with E-state index < -0.39 is 0 Å². The Bertz CT molecular complexity index is 336. The standard InChI is InChI=1S/C15H25N/c1-5-13-10-14(2,3)12-15(4,11-13)16-8-6-7-9-16/h6-9,13H,5,10-12H2,1-4H3/t13-,15-/m0/s1. The number of aromatic nitrogens is 1. The molecule has 1 aromatic rings. The fourth-order valence-corrected chi connectivity index (χ4v) is 3.83. The largest absolute Gasteiger partial charge is 0.349 e. The van der Waals surface area contributed by atoms with Gasteiger partial charge in [-0.2, -0.15) is 0 Å². The van der Waals surface area contributed by atoms with Crippen molar-refractivity contribution in [2.75, 3.05) is 0 Å². The molecule has 0 unspecified atom stereocenters.